The number of anilines is 1. The lowest BCUT2D eigenvalue weighted by atomic mass is 9.81. The standard InChI is InChI=1S/C26H28N2O4/c1-16-12-20-22(29)15-26(32-23(20)13-17(16)2)8-10-28(11-9-26)25(31)19-6-7-21-18(14-19)4-3-5-24(30)27-21/h6-7,12-14H,3-5,8-11,15H2,1-2H3,(H,27,30). The first-order valence-corrected chi connectivity index (χ1v) is 11.4. The van der Waals surface area contributed by atoms with Crippen LogP contribution < -0.4 is 10.1 Å². The SMILES string of the molecule is Cc1cc2c(cc1C)C(=O)CC1(CCN(C(=O)c3ccc4c(c3)CCCC(=O)N4)CC1)O2. The molecule has 2 aromatic carbocycles. The van der Waals surface area contributed by atoms with Crippen molar-refractivity contribution in [2.45, 2.75) is 58.0 Å². The number of piperidine rings is 1. The minimum absolute atomic E-state index is 0.00720. The largest absolute Gasteiger partial charge is 0.486 e. The summed E-state index contributed by atoms with van der Waals surface area (Å²) in [6.07, 6.45) is 3.72. The molecule has 3 aliphatic rings. The summed E-state index contributed by atoms with van der Waals surface area (Å²) in [4.78, 5) is 39.7. The van der Waals surface area contributed by atoms with Gasteiger partial charge in [0.15, 0.2) is 5.78 Å². The second kappa shape index (κ2) is 7.76. The van der Waals surface area contributed by atoms with Crippen molar-refractivity contribution < 1.29 is 19.1 Å². The number of ketones is 1. The fourth-order valence-corrected chi connectivity index (χ4v) is 5.04. The average Bonchev–Trinajstić information content (AvgIpc) is 2.95. The van der Waals surface area contributed by atoms with E-state index in [4.69, 9.17) is 4.74 Å². The number of nitrogens with one attached hydrogen (secondary N) is 1. The van der Waals surface area contributed by atoms with Gasteiger partial charge in [0.05, 0.1) is 12.0 Å². The molecule has 5 rings (SSSR count). The maximum atomic E-state index is 13.2. The number of ether oxygens (including phenoxy) is 1. The fraction of sp³-hybridized carbons (Fsp3) is 0.423. The summed E-state index contributed by atoms with van der Waals surface area (Å²) in [5.74, 6) is 0.823. The summed E-state index contributed by atoms with van der Waals surface area (Å²) in [6.45, 7) is 5.14. The van der Waals surface area contributed by atoms with Gasteiger partial charge >= 0.3 is 0 Å². The van der Waals surface area contributed by atoms with Crippen LogP contribution in [0.4, 0.5) is 5.69 Å². The zero-order valence-electron chi connectivity index (χ0n) is 18.6. The van der Waals surface area contributed by atoms with Crippen molar-refractivity contribution in [3.63, 3.8) is 0 Å². The number of amides is 2. The number of nitrogens with zero attached hydrogens (tertiary/aromatic N) is 1. The number of fused-ring (bicyclic) bond motifs is 2. The Labute approximate surface area is 187 Å². The van der Waals surface area contributed by atoms with Crippen LogP contribution in [-0.2, 0) is 11.2 Å². The van der Waals surface area contributed by atoms with E-state index in [1.54, 1.807) is 6.07 Å². The normalized spacial score (nSPS) is 19.5. The highest BCUT2D eigenvalue weighted by Gasteiger charge is 2.44. The lowest BCUT2D eigenvalue weighted by Gasteiger charge is -2.44. The van der Waals surface area contributed by atoms with Crippen LogP contribution in [-0.4, -0.2) is 41.2 Å². The van der Waals surface area contributed by atoms with Gasteiger partial charge in [-0.3, -0.25) is 14.4 Å². The van der Waals surface area contributed by atoms with Gasteiger partial charge in [0, 0.05) is 43.6 Å². The molecule has 0 aliphatic carbocycles. The van der Waals surface area contributed by atoms with E-state index < -0.39 is 5.60 Å². The molecule has 6 heteroatoms. The summed E-state index contributed by atoms with van der Waals surface area (Å²) < 4.78 is 6.40. The van der Waals surface area contributed by atoms with Crippen molar-refractivity contribution in [3.8, 4) is 5.75 Å². The van der Waals surface area contributed by atoms with Crippen LogP contribution >= 0.6 is 0 Å². The van der Waals surface area contributed by atoms with Gasteiger partial charge in [0.2, 0.25) is 5.91 Å². The van der Waals surface area contributed by atoms with Gasteiger partial charge in [-0.15, -0.1) is 0 Å². The lowest BCUT2D eigenvalue weighted by Crippen LogP contribution is -2.52. The topological polar surface area (TPSA) is 75.7 Å². The predicted octanol–water partition coefficient (Wildman–Crippen LogP) is 4.22. The molecule has 166 valence electrons. The van der Waals surface area contributed by atoms with Crippen LogP contribution in [0.15, 0.2) is 30.3 Å². The van der Waals surface area contributed by atoms with E-state index in [1.807, 2.05) is 43.0 Å². The van der Waals surface area contributed by atoms with Crippen LogP contribution in [0.5, 0.6) is 5.75 Å². The van der Waals surface area contributed by atoms with Crippen LogP contribution in [0.3, 0.4) is 0 Å². The molecule has 1 saturated heterocycles. The Bertz CT molecular complexity index is 1130. The Morgan fingerprint density at radius 1 is 1.03 bits per heavy atom. The van der Waals surface area contributed by atoms with Crippen molar-refractivity contribution in [1.29, 1.82) is 0 Å². The number of rotatable bonds is 1. The summed E-state index contributed by atoms with van der Waals surface area (Å²) >= 11 is 0. The highest BCUT2D eigenvalue weighted by molar-refractivity contribution is 6.01. The van der Waals surface area contributed by atoms with Gasteiger partial charge in [-0.2, -0.15) is 0 Å². The van der Waals surface area contributed by atoms with Crippen LogP contribution in [0.1, 0.15) is 69.5 Å². The molecule has 2 amide bonds. The molecule has 0 bridgehead atoms. The molecule has 3 heterocycles. The third-order valence-electron chi connectivity index (χ3n) is 7.14. The van der Waals surface area contributed by atoms with Gasteiger partial charge in [0.25, 0.3) is 5.91 Å². The number of carbonyl (C=O) groups excluding carboxylic acids is 3. The van der Waals surface area contributed by atoms with Gasteiger partial charge in [-0.25, -0.2) is 0 Å². The third-order valence-corrected chi connectivity index (χ3v) is 7.14. The number of hydrogen-bond donors (Lipinski definition) is 1. The first-order chi connectivity index (χ1) is 15.3. The van der Waals surface area contributed by atoms with Gasteiger partial charge in [0.1, 0.15) is 11.4 Å². The molecule has 3 aliphatic heterocycles. The molecule has 32 heavy (non-hydrogen) atoms. The molecule has 1 N–H and O–H groups in total. The highest BCUT2D eigenvalue weighted by Crippen LogP contribution is 2.40. The molecular weight excluding hydrogens is 404 g/mol. The highest BCUT2D eigenvalue weighted by atomic mass is 16.5. The molecule has 2 aromatic rings. The third kappa shape index (κ3) is 3.68. The molecule has 0 radical (unpaired) electrons. The van der Waals surface area contributed by atoms with Crippen LogP contribution in [0.2, 0.25) is 0 Å². The zero-order valence-corrected chi connectivity index (χ0v) is 18.6. The summed E-state index contributed by atoms with van der Waals surface area (Å²) in [7, 11) is 0. The smallest absolute Gasteiger partial charge is 0.253 e. The summed E-state index contributed by atoms with van der Waals surface area (Å²) in [5, 5.41) is 2.91. The van der Waals surface area contributed by atoms with Crippen LogP contribution in [0.25, 0.3) is 0 Å². The molecule has 0 unspecified atom stereocenters. The van der Waals surface area contributed by atoms with E-state index in [9.17, 15) is 14.4 Å². The summed E-state index contributed by atoms with van der Waals surface area (Å²) in [6, 6.07) is 9.44. The predicted molar refractivity (Wildman–Crippen MR) is 121 cm³/mol. The van der Waals surface area contributed by atoms with E-state index in [0.29, 0.717) is 55.6 Å². The van der Waals surface area contributed by atoms with Gasteiger partial charge in [-0.1, -0.05) is 0 Å². The first-order valence-electron chi connectivity index (χ1n) is 11.4. The van der Waals surface area contributed by atoms with Crippen molar-refractivity contribution in [1.82, 2.24) is 4.90 Å². The Balaban J connectivity index is 1.30. The number of carbonyl (C=O) groups is 3. The Morgan fingerprint density at radius 2 is 1.78 bits per heavy atom. The second-order valence-corrected chi connectivity index (χ2v) is 9.38. The molecule has 1 spiro atoms. The molecule has 6 nitrogen and oxygen atoms in total. The Hall–Kier alpha value is -3.15. The summed E-state index contributed by atoms with van der Waals surface area (Å²) in [5.41, 5.74) is 4.82. The number of Topliss-reactive ketones (excluding diaryl/α,β-unsaturated/α-hetero) is 1. The number of hydrogen-bond acceptors (Lipinski definition) is 4. The quantitative estimate of drug-likeness (QED) is 0.732. The van der Waals surface area contributed by atoms with Gasteiger partial charge < -0.3 is 15.0 Å². The first kappa shape index (κ1) is 20.7. The Morgan fingerprint density at radius 3 is 2.56 bits per heavy atom. The molecule has 1 fully saturated rings. The van der Waals surface area contributed by atoms with Crippen molar-refractivity contribution in [2.75, 3.05) is 18.4 Å². The molecular formula is C26H28N2O4. The minimum atomic E-state index is -0.527. The molecule has 0 atom stereocenters. The fourth-order valence-electron chi connectivity index (χ4n) is 5.04. The lowest BCUT2D eigenvalue weighted by molar-refractivity contribution is -0.116. The molecule has 0 aromatic heterocycles. The van der Waals surface area contributed by atoms with Crippen molar-refractivity contribution in [3.05, 3.63) is 58.1 Å². The molecule has 0 saturated carbocycles. The maximum Gasteiger partial charge on any atom is 0.253 e. The maximum absolute atomic E-state index is 13.2. The van der Waals surface area contributed by atoms with E-state index in [-0.39, 0.29) is 17.6 Å². The second-order valence-electron chi connectivity index (χ2n) is 9.38. The van der Waals surface area contributed by atoms with Crippen LogP contribution in [0, 0.1) is 13.8 Å². The zero-order chi connectivity index (χ0) is 22.5. The minimum Gasteiger partial charge on any atom is -0.486 e. The van der Waals surface area contributed by atoms with E-state index in [1.165, 1.54) is 0 Å². The number of benzene rings is 2. The van der Waals surface area contributed by atoms with E-state index in [2.05, 4.69) is 5.32 Å². The Kier molecular flexibility index (Phi) is 5.03. The van der Waals surface area contributed by atoms with Crippen molar-refractivity contribution in [2.24, 2.45) is 0 Å². The van der Waals surface area contributed by atoms with E-state index in [0.717, 1.165) is 35.2 Å². The van der Waals surface area contributed by atoms with Crippen molar-refractivity contribution >= 4 is 23.3 Å². The van der Waals surface area contributed by atoms with E-state index >= 15 is 0 Å². The average molecular weight is 433 g/mol. The van der Waals surface area contributed by atoms with Gasteiger partial charge in [-0.05, 0) is 73.7 Å². The number of aryl methyl sites for hydroxylation is 3. The number of likely N-dealkylation sites (tertiary alicyclic amines) is 1. The monoisotopic (exact) mass is 432 g/mol.